The van der Waals surface area contributed by atoms with Crippen LogP contribution in [-0.4, -0.2) is 11.5 Å². The maximum absolute atomic E-state index is 12.5. The summed E-state index contributed by atoms with van der Waals surface area (Å²) in [4.78, 5) is 12.5. The predicted molar refractivity (Wildman–Crippen MR) is 90.7 cm³/mol. The molecule has 0 bridgehead atoms. The highest BCUT2D eigenvalue weighted by Gasteiger charge is 2.30. The number of benzene rings is 2. The molecule has 0 aromatic heterocycles. The lowest BCUT2D eigenvalue weighted by Crippen LogP contribution is -2.42. The molecule has 2 aromatic rings. The Morgan fingerprint density at radius 2 is 1.59 bits per heavy atom. The Morgan fingerprint density at radius 1 is 1.05 bits per heavy atom. The first kappa shape index (κ1) is 16.4. The van der Waals surface area contributed by atoms with Gasteiger partial charge < -0.3 is 10.1 Å². The van der Waals surface area contributed by atoms with E-state index in [9.17, 15) is 4.79 Å². The summed E-state index contributed by atoms with van der Waals surface area (Å²) in [6.07, 6.45) is 0. The molecule has 0 radical (unpaired) electrons. The summed E-state index contributed by atoms with van der Waals surface area (Å²) in [7, 11) is 0. The van der Waals surface area contributed by atoms with Gasteiger partial charge in [-0.3, -0.25) is 4.79 Å². The van der Waals surface area contributed by atoms with Crippen molar-refractivity contribution in [3.63, 3.8) is 0 Å². The molecule has 0 saturated carbocycles. The van der Waals surface area contributed by atoms with Crippen molar-refractivity contribution in [2.75, 3.05) is 5.32 Å². The molecule has 2 aromatic carbocycles. The van der Waals surface area contributed by atoms with Crippen LogP contribution >= 0.6 is 11.6 Å². The zero-order valence-electron chi connectivity index (χ0n) is 13.2. The van der Waals surface area contributed by atoms with Crippen molar-refractivity contribution in [1.82, 2.24) is 0 Å². The van der Waals surface area contributed by atoms with Gasteiger partial charge in [0.05, 0.1) is 0 Å². The number of para-hydroxylation sites is 1. The number of halogens is 1. The number of carbonyl (C=O) groups is 1. The molecule has 2 rings (SSSR count). The predicted octanol–water partition coefficient (Wildman–Crippen LogP) is 4.75. The van der Waals surface area contributed by atoms with Gasteiger partial charge in [-0.25, -0.2) is 0 Å². The number of nitrogens with one attached hydrogen (secondary N) is 1. The van der Waals surface area contributed by atoms with Gasteiger partial charge in [0.2, 0.25) is 0 Å². The Balaban J connectivity index is 2.15. The van der Waals surface area contributed by atoms with Crippen molar-refractivity contribution in [3.05, 3.63) is 58.6 Å². The smallest absolute Gasteiger partial charge is 0.267 e. The van der Waals surface area contributed by atoms with Gasteiger partial charge in [-0.15, -0.1) is 0 Å². The Bertz CT molecular complexity index is 658. The van der Waals surface area contributed by atoms with E-state index in [4.69, 9.17) is 16.3 Å². The molecule has 0 heterocycles. The maximum Gasteiger partial charge on any atom is 0.267 e. The zero-order valence-corrected chi connectivity index (χ0v) is 14.0. The maximum atomic E-state index is 12.5. The van der Waals surface area contributed by atoms with Crippen LogP contribution in [0.4, 0.5) is 5.69 Å². The van der Waals surface area contributed by atoms with Gasteiger partial charge >= 0.3 is 0 Å². The number of rotatable bonds is 4. The highest BCUT2D eigenvalue weighted by Crippen LogP contribution is 2.24. The molecule has 22 heavy (non-hydrogen) atoms. The largest absolute Gasteiger partial charge is 0.478 e. The quantitative estimate of drug-likeness (QED) is 0.883. The van der Waals surface area contributed by atoms with Crippen LogP contribution in [0, 0.1) is 13.8 Å². The third-order valence-electron chi connectivity index (χ3n) is 3.45. The molecule has 0 spiro atoms. The summed E-state index contributed by atoms with van der Waals surface area (Å²) in [5.74, 6) is 0.408. The minimum atomic E-state index is -0.997. The second kappa shape index (κ2) is 6.41. The fourth-order valence-electron chi connectivity index (χ4n) is 2.12. The Kier molecular flexibility index (Phi) is 4.77. The second-order valence-electron chi connectivity index (χ2n) is 5.79. The molecule has 0 aliphatic carbocycles. The number of hydrogen-bond donors (Lipinski definition) is 1. The van der Waals surface area contributed by atoms with Gasteiger partial charge in [-0.1, -0.05) is 29.8 Å². The van der Waals surface area contributed by atoms with E-state index in [0.717, 1.165) is 16.8 Å². The summed E-state index contributed by atoms with van der Waals surface area (Å²) < 4.78 is 5.80. The first-order valence-electron chi connectivity index (χ1n) is 7.12. The summed E-state index contributed by atoms with van der Waals surface area (Å²) in [5, 5.41) is 3.59. The number of amides is 1. The van der Waals surface area contributed by atoms with Crippen molar-refractivity contribution < 1.29 is 9.53 Å². The molecule has 3 nitrogen and oxygen atoms in total. The van der Waals surface area contributed by atoms with E-state index in [1.54, 1.807) is 38.1 Å². The van der Waals surface area contributed by atoms with E-state index >= 15 is 0 Å². The van der Waals surface area contributed by atoms with E-state index in [1.165, 1.54) is 0 Å². The molecule has 1 N–H and O–H groups in total. The van der Waals surface area contributed by atoms with Crippen LogP contribution in [0.25, 0.3) is 0 Å². The van der Waals surface area contributed by atoms with Gasteiger partial charge in [-0.05, 0) is 63.1 Å². The summed E-state index contributed by atoms with van der Waals surface area (Å²) in [6, 6.07) is 12.9. The molecule has 1 amide bonds. The van der Waals surface area contributed by atoms with Crippen LogP contribution in [0.3, 0.4) is 0 Å². The first-order valence-corrected chi connectivity index (χ1v) is 7.49. The molecule has 116 valence electrons. The third-order valence-corrected chi connectivity index (χ3v) is 3.71. The fourth-order valence-corrected chi connectivity index (χ4v) is 2.25. The number of aryl methyl sites for hydroxylation is 2. The fraction of sp³-hybridized carbons (Fsp3) is 0.278. The Labute approximate surface area is 136 Å². The van der Waals surface area contributed by atoms with Crippen LogP contribution < -0.4 is 10.1 Å². The average Bonchev–Trinajstić information content (AvgIpc) is 2.45. The number of ether oxygens (including phenoxy) is 1. The highest BCUT2D eigenvalue weighted by molar-refractivity contribution is 6.30. The minimum Gasteiger partial charge on any atom is -0.478 e. The van der Waals surface area contributed by atoms with E-state index in [1.807, 2.05) is 32.0 Å². The molecular formula is C18H20ClNO2. The van der Waals surface area contributed by atoms with Crippen molar-refractivity contribution >= 4 is 23.2 Å². The zero-order chi connectivity index (χ0) is 16.3. The summed E-state index contributed by atoms with van der Waals surface area (Å²) in [6.45, 7) is 7.42. The normalized spacial score (nSPS) is 11.1. The molecule has 0 atom stereocenters. The van der Waals surface area contributed by atoms with Crippen molar-refractivity contribution in [2.24, 2.45) is 0 Å². The van der Waals surface area contributed by atoms with Gasteiger partial charge in [0, 0.05) is 10.7 Å². The van der Waals surface area contributed by atoms with E-state index in [2.05, 4.69) is 5.32 Å². The van der Waals surface area contributed by atoms with E-state index < -0.39 is 5.60 Å². The van der Waals surface area contributed by atoms with Crippen molar-refractivity contribution in [1.29, 1.82) is 0 Å². The number of anilines is 1. The molecular weight excluding hydrogens is 298 g/mol. The Morgan fingerprint density at radius 3 is 2.14 bits per heavy atom. The highest BCUT2D eigenvalue weighted by atomic mass is 35.5. The second-order valence-corrected chi connectivity index (χ2v) is 6.22. The van der Waals surface area contributed by atoms with Gasteiger partial charge in [-0.2, -0.15) is 0 Å². The van der Waals surface area contributed by atoms with Crippen LogP contribution in [0.15, 0.2) is 42.5 Å². The topological polar surface area (TPSA) is 38.3 Å². The molecule has 0 aliphatic rings. The minimum absolute atomic E-state index is 0.195. The molecule has 0 fully saturated rings. The van der Waals surface area contributed by atoms with E-state index in [-0.39, 0.29) is 5.91 Å². The molecule has 0 saturated heterocycles. The van der Waals surface area contributed by atoms with Crippen molar-refractivity contribution in [3.8, 4) is 5.75 Å². The lowest BCUT2D eigenvalue weighted by molar-refractivity contribution is -0.128. The summed E-state index contributed by atoms with van der Waals surface area (Å²) in [5.41, 5.74) is 1.88. The first-order chi connectivity index (χ1) is 10.3. The van der Waals surface area contributed by atoms with Gasteiger partial charge in [0.25, 0.3) is 5.91 Å². The molecule has 0 unspecified atom stereocenters. The van der Waals surface area contributed by atoms with Crippen LogP contribution in [0.2, 0.25) is 5.02 Å². The van der Waals surface area contributed by atoms with Crippen LogP contribution in [0.5, 0.6) is 5.75 Å². The van der Waals surface area contributed by atoms with Crippen molar-refractivity contribution in [2.45, 2.75) is 33.3 Å². The van der Waals surface area contributed by atoms with Gasteiger partial charge in [0.1, 0.15) is 5.75 Å². The molecule has 4 heteroatoms. The average molecular weight is 318 g/mol. The number of hydrogen-bond acceptors (Lipinski definition) is 2. The monoisotopic (exact) mass is 317 g/mol. The lowest BCUT2D eigenvalue weighted by atomic mass is 10.1. The number of carbonyl (C=O) groups excluding carboxylic acids is 1. The SMILES string of the molecule is Cc1cccc(C)c1NC(=O)C(C)(C)Oc1ccc(Cl)cc1. The summed E-state index contributed by atoms with van der Waals surface area (Å²) >= 11 is 5.85. The van der Waals surface area contributed by atoms with Crippen LogP contribution in [0.1, 0.15) is 25.0 Å². The van der Waals surface area contributed by atoms with E-state index in [0.29, 0.717) is 10.8 Å². The molecule has 0 aliphatic heterocycles. The Hall–Kier alpha value is -2.00. The van der Waals surface area contributed by atoms with Gasteiger partial charge in [0.15, 0.2) is 5.60 Å². The third kappa shape index (κ3) is 3.80. The lowest BCUT2D eigenvalue weighted by Gasteiger charge is -2.26. The standard InChI is InChI=1S/C18H20ClNO2/c1-12-6-5-7-13(2)16(12)20-17(21)18(3,4)22-15-10-8-14(19)9-11-15/h5-11H,1-4H3,(H,20,21). The van der Waals surface area contributed by atoms with Crippen LogP contribution in [-0.2, 0) is 4.79 Å².